The molecule has 0 radical (unpaired) electrons. The molecule has 46 heavy (non-hydrogen) atoms. The van der Waals surface area contributed by atoms with Crippen LogP contribution in [0, 0.1) is 0 Å². The van der Waals surface area contributed by atoms with Gasteiger partial charge in [-0.3, -0.25) is 23.9 Å². The maximum Gasteiger partial charge on any atom is 0.264 e. The van der Waals surface area contributed by atoms with E-state index in [9.17, 15) is 18.4 Å². The number of rotatable bonds is 7. The molecule has 2 aromatic heterocycles. The van der Waals surface area contributed by atoms with Gasteiger partial charge in [-0.15, -0.1) is 0 Å². The predicted octanol–water partition coefficient (Wildman–Crippen LogP) is 5.73. The topological polar surface area (TPSA) is 79.5 Å². The van der Waals surface area contributed by atoms with Crippen LogP contribution in [-0.4, -0.2) is 73.8 Å². The Balaban J connectivity index is 1.20. The Morgan fingerprint density at radius 3 is 2.50 bits per heavy atom. The second-order valence-electron chi connectivity index (χ2n) is 12.7. The van der Waals surface area contributed by atoms with E-state index >= 15 is 0 Å². The van der Waals surface area contributed by atoms with Gasteiger partial charge in [-0.2, -0.15) is 10.2 Å². The highest BCUT2D eigenvalue weighted by Gasteiger charge is 2.35. The molecule has 2 aromatic carbocycles. The van der Waals surface area contributed by atoms with Gasteiger partial charge >= 0.3 is 0 Å². The van der Waals surface area contributed by atoms with E-state index in [0.717, 1.165) is 72.7 Å². The quantitative estimate of drug-likeness (QED) is 0.244. The number of Topliss-reactive ketones (excluding diaryl/α,β-unsaturated/α-hetero) is 1. The third kappa shape index (κ3) is 5.72. The van der Waals surface area contributed by atoms with Crippen LogP contribution >= 0.6 is 0 Å². The average molecular weight is 628 g/mol. The lowest BCUT2D eigenvalue weighted by Gasteiger charge is -2.33. The van der Waals surface area contributed by atoms with Gasteiger partial charge in [0.1, 0.15) is 0 Å². The van der Waals surface area contributed by atoms with Crippen molar-refractivity contribution >= 4 is 23.2 Å². The van der Waals surface area contributed by atoms with Crippen LogP contribution in [0.5, 0.6) is 0 Å². The lowest BCUT2D eigenvalue weighted by Crippen LogP contribution is -2.39. The van der Waals surface area contributed by atoms with Crippen LogP contribution in [0.25, 0.3) is 11.1 Å². The number of hydrogen-bond acceptors (Lipinski definition) is 6. The molecule has 0 unspecified atom stereocenters. The van der Waals surface area contributed by atoms with Crippen LogP contribution in [0.15, 0.2) is 54.9 Å². The second kappa shape index (κ2) is 12.4. The molecule has 9 nitrogen and oxygen atoms in total. The minimum Gasteiger partial charge on any atom is -0.338 e. The van der Waals surface area contributed by atoms with E-state index in [2.05, 4.69) is 19.6 Å². The Morgan fingerprint density at radius 2 is 1.80 bits per heavy atom. The number of hydrogen-bond donors (Lipinski definition) is 0. The SMILES string of the molecule is CC(=O)N1CCc2c(c(N3CCCc4cc(-c5cnn(C)c5)c(C(F)F)cc43)nn2C2CCN(CC(=O)c3ccccc3)CC2)C1. The number of fused-ring (bicyclic) bond motifs is 2. The van der Waals surface area contributed by atoms with E-state index in [4.69, 9.17) is 5.10 Å². The molecule has 0 bridgehead atoms. The molecule has 3 aliphatic rings. The van der Waals surface area contributed by atoms with Crippen molar-refractivity contribution in [1.82, 2.24) is 29.4 Å². The number of anilines is 2. The van der Waals surface area contributed by atoms with Crippen molar-refractivity contribution in [1.29, 1.82) is 0 Å². The number of likely N-dealkylation sites (tertiary alicyclic amines) is 1. The van der Waals surface area contributed by atoms with Gasteiger partial charge in [0.15, 0.2) is 11.6 Å². The number of aromatic nitrogens is 4. The summed E-state index contributed by atoms with van der Waals surface area (Å²) >= 11 is 0. The molecule has 5 heterocycles. The first-order valence-corrected chi connectivity index (χ1v) is 16.1. The molecule has 3 aliphatic heterocycles. The van der Waals surface area contributed by atoms with Crippen LogP contribution in [0.3, 0.4) is 0 Å². The zero-order chi connectivity index (χ0) is 31.9. The summed E-state index contributed by atoms with van der Waals surface area (Å²) in [5.41, 5.74) is 5.80. The molecule has 0 N–H and O–H groups in total. The number of amides is 1. The third-order valence-electron chi connectivity index (χ3n) is 9.75. The summed E-state index contributed by atoms with van der Waals surface area (Å²) in [6, 6.07) is 13.1. The van der Waals surface area contributed by atoms with E-state index in [1.54, 1.807) is 37.1 Å². The largest absolute Gasteiger partial charge is 0.338 e. The van der Waals surface area contributed by atoms with E-state index in [0.29, 0.717) is 43.7 Å². The van der Waals surface area contributed by atoms with Crippen LogP contribution in [0.4, 0.5) is 20.3 Å². The second-order valence-corrected chi connectivity index (χ2v) is 12.7. The van der Waals surface area contributed by atoms with E-state index in [1.165, 1.54) is 0 Å². The summed E-state index contributed by atoms with van der Waals surface area (Å²) in [4.78, 5) is 31.5. The highest BCUT2D eigenvalue weighted by atomic mass is 19.3. The Kier molecular flexibility index (Phi) is 8.18. The number of aryl methyl sites for hydroxylation is 2. The standard InChI is InChI=1S/C35H39F2N7O2/c1-23(45)42-16-12-31-30(21-42)35(39-44(31)27-10-14-41(15-11-27)22-33(46)24-7-4-3-5-8-24)43-13-6-9-25-17-28(26-19-38-40(2)20-26)29(34(36)37)18-32(25)43/h3-5,7-8,17-20,27,34H,6,9-16,21-22H2,1-2H3. The fourth-order valence-corrected chi connectivity index (χ4v) is 7.32. The highest BCUT2D eigenvalue weighted by Crippen LogP contribution is 2.43. The van der Waals surface area contributed by atoms with Gasteiger partial charge < -0.3 is 9.80 Å². The number of piperidine rings is 1. The Labute approximate surface area is 267 Å². The van der Waals surface area contributed by atoms with Crippen LogP contribution in [-0.2, 0) is 31.2 Å². The summed E-state index contributed by atoms with van der Waals surface area (Å²) in [5, 5.41) is 9.46. The van der Waals surface area contributed by atoms with Gasteiger partial charge in [-0.1, -0.05) is 30.3 Å². The van der Waals surface area contributed by atoms with Gasteiger partial charge in [0, 0.05) is 86.4 Å². The lowest BCUT2D eigenvalue weighted by atomic mass is 9.92. The first kappa shape index (κ1) is 30.3. The van der Waals surface area contributed by atoms with Gasteiger partial charge in [0.05, 0.1) is 25.3 Å². The number of ketones is 1. The Hall–Kier alpha value is -4.38. The molecule has 4 aromatic rings. The third-order valence-corrected chi connectivity index (χ3v) is 9.75. The number of nitrogens with zero attached hydrogens (tertiary/aromatic N) is 7. The molecule has 240 valence electrons. The van der Waals surface area contributed by atoms with Crippen molar-refractivity contribution in [3.8, 4) is 11.1 Å². The van der Waals surface area contributed by atoms with E-state index in [-0.39, 0.29) is 23.3 Å². The molecular weight excluding hydrogens is 588 g/mol. The van der Waals surface area contributed by atoms with Crippen molar-refractivity contribution in [2.75, 3.05) is 37.6 Å². The van der Waals surface area contributed by atoms with Crippen molar-refractivity contribution in [3.63, 3.8) is 0 Å². The van der Waals surface area contributed by atoms with Crippen molar-refractivity contribution < 1.29 is 18.4 Å². The normalized spacial score (nSPS) is 17.3. The fraction of sp³-hybridized carbons (Fsp3) is 0.429. The number of carbonyl (C=O) groups excluding carboxylic acids is 2. The van der Waals surface area contributed by atoms with Crippen LogP contribution in [0.1, 0.15) is 71.4 Å². The summed E-state index contributed by atoms with van der Waals surface area (Å²) in [7, 11) is 1.78. The van der Waals surface area contributed by atoms with Crippen molar-refractivity contribution in [2.45, 2.75) is 58.0 Å². The zero-order valence-corrected chi connectivity index (χ0v) is 26.3. The molecule has 0 saturated carbocycles. The number of halogens is 2. The highest BCUT2D eigenvalue weighted by molar-refractivity contribution is 5.97. The first-order chi connectivity index (χ1) is 22.3. The van der Waals surface area contributed by atoms with Crippen molar-refractivity contribution in [2.24, 2.45) is 7.05 Å². The van der Waals surface area contributed by atoms with Crippen LogP contribution < -0.4 is 4.90 Å². The zero-order valence-electron chi connectivity index (χ0n) is 26.3. The summed E-state index contributed by atoms with van der Waals surface area (Å²) in [6.45, 7) is 5.29. The number of alkyl halides is 2. The molecule has 0 aliphatic carbocycles. The monoisotopic (exact) mass is 627 g/mol. The minimum atomic E-state index is -2.65. The van der Waals surface area contributed by atoms with E-state index in [1.807, 2.05) is 41.3 Å². The molecule has 1 saturated heterocycles. The maximum atomic E-state index is 14.6. The average Bonchev–Trinajstić information content (AvgIpc) is 3.68. The fourth-order valence-electron chi connectivity index (χ4n) is 7.32. The summed E-state index contributed by atoms with van der Waals surface area (Å²) in [5.74, 6) is 0.902. The van der Waals surface area contributed by atoms with Gasteiger partial charge in [0.2, 0.25) is 5.91 Å². The van der Waals surface area contributed by atoms with Crippen molar-refractivity contribution in [3.05, 3.63) is 82.8 Å². The van der Waals surface area contributed by atoms with Gasteiger partial charge in [-0.25, -0.2) is 8.78 Å². The van der Waals surface area contributed by atoms with E-state index < -0.39 is 6.43 Å². The molecule has 0 spiro atoms. The Bertz CT molecular complexity index is 1760. The molecular formula is C35H39F2N7O2. The summed E-state index contributed by atoms with van der Waals surface area (Å²) < 4.78 is 32.9. The molecule has 7 rings (SSSR count). The van der Waals surface area contributed by atoms with Gasteiger partial charge in [0.25, 0.3) is 6.43 Å². The molecule has 1 fully saturated rings. The molecule has 11 heteroatoms. The number of carbonyl (C=O) groups is 2. The lowest BCUT2D eigenvalue weighted by molar-refractivity contribution is -0.129. The van der Waals surface area contributed by atoms with Crippen LogP contribution in [0.2, 0.25) is 0 Å². The minimum absolute atomic E-state index is 0.0147. The molecule has 0 atom stereocenters. The number of benzene rings is 2. The Morgan fingerprint density at radius 1 is 1.02 bits per heavy atom. The summed E-state index contributed by atoms with van der Waals surface area (Å²) in [6.07, 6.45) is 4.79. The first-order valence-electron chi connectivity index (χ1n) is 16.1. The predicted molar refractivity (Wildman–Crippen MR) is 171 cm³/mol. The van der Waals surface area contributed by atoms with Gasteiger partial charge in [-0.05, 0) is 48.9 Å². The smallest absolute Gasteiger partial charge is 0.264 e. The molecule has 1 amide bonds. The maximum absolute atomic E-state index is 14.6.